The number of hydrogen-bond acceptors (Lipinski definition) is 6. The minimum Gasteiger partial charge on any atom is -0.495 e. The van der Waals surface area contributed by atoms with Crippen LogP contribution in [0.25, 0.3) is 6.08 Å². The number of nitrogens with one attached hydrogen (secondary N) is 2. The summed E-state index contributed by atoms with van der Waals surface area (Å²) in [5.41, 5.74) is 3.12. The van der Waals surface area contributed by atoms with Gasteiger partial charge in [-0.25, -0.2) is 13.1 Å². The number of piperazine rings is 1. The van der Waals surface area contributed by atoms with Gasteiger partial charge >= 0.3 is 0 Å². The molecule has 1 aliphatic heterocycles. The van der Waals surface area contributed by atoms with E-state index in [0.717, 1.165) is 32.7 Å². The van der Waals surface area contributed by atoms with Crippen LogP contribution in [0, 0.1) is 6.92 Å². The summed E-state index contributed by atoms with van der Waals surface area (Å²) in [5.74, 6) is 0.0238. The summed E-state index contributed by atoms with van der Waals surface area (Å²) in [5, 5.41) is 2.89. The second-order valence-corrected chi connectivity index (χ2v) is 9.76. The maximum Gasteiger partial charge on any atom is 0.244 e. The number of nitrogens with zero attached hydrogens (tertiary/aromatic N) is 2. The average molecular weight is 473 g/mol. The van der Waals surface area contributed by atoms with Crippen LogP contribution in [0.5, 0.6) is 5.75 Å². The quantitative estimate of drug-likeness (QED) is 0.542. The third-order valence-corrected chi connectivity index (χ3v) is 7.07. The maximum absolute atomic E-state index is 12.2. The summed E-state index contributed by atoms with van der Waals surface area (Å²) in [6.45, 7) is 7.28. The van der Waals surface area contributed by atoms with Crippen LogP contribution in [0.3, 0.4) is 0 Å². The summed E-state index contributed by atoms with van der Waals surface area (Å²) < 4.78 is 31.8. The summed E-state index contributed by atoms with van der Waals surface area (Å²) >= 11 is 0. The Morgan fingerprint density at radius 1 is 1.12 bits per heavy atom. The largest absolute Gasteiger partial charge is 0.495 e. The zero-order valence-electron chi connectivity index (χ0n) is 19.4. The van der Waals surface area contributed by atoms with Crippen LogP contribution >= 0.6 is 0 Å². The Bertz CT molecular complexity index is 1090. The molecule has 2 N–H and O–H groups in total. The second kappa shape index (κ2) is 11.3. The highest BCUT2D eigenvalue weighted by molar-refractivity contribution is 7.89. The molecule has 0 saturated carbocycles. The predicted octanol–water partition coefficient (Wildman–Crippen LogP) is 1.86. The lowest BCUT2D eigenvalue weighted by Gasteiger charge is -2.36. The van der Waals surface area contributed by atoms with E-state index in [1.807, 2.05) is 0 Å². The molecule has 1 heterocycles. The van der Waals surface area contributed by atoms with Crippen molar-refractivity contribution < 1.29 is 17.9 Å². The van der Waals surface area contributed by atoms with Crippen molar-refractivity contribution in [3.8, 4) is 5.75 Å². The molecule has 1 fully saturated rings. The van der Waals surface area contributed by atoms with E-state index in [9.17, 15) is 13.2 Å². The van der Waals surface area contributed by atoms with Crippen molar-refractivity contribution in [1.82, 2.24) is 14.9 Å². The van der Waals surface area contributed by atoms with Gasteiger partial charge in [-0.1, -0.05) is 18.2 Å². The molecule has 178 valence electrons. The molecule has 8 nitrogen and oxygen atoms in total. The number of methoxy groups -OCH3 is 1. The van der Waals surface area contributed by atoms with Crippen molar-refractivity contribution in [2.45, 2.75) is 11.8 Å². The van der Waals surface area contributed by atoms with Gasteiger partial charge in [-0.2, -0.15) is 0 Å². The first-order chi connectivity index (χ1) is 15.8. The highest BCUT2D eigenvalue weighted by Gasteiger charge is 2.18. The summed E-state index contributed by atoms with van der Waals surface area (Å²) in [7, 11) is -0.918. The molecule has 0 spiro atoms. The molecular formula is C24H32N4O4S. The molecule has 33 heavy (non-hydrogen) atoms. The third-order valence-electron chi connectivity index (χ3n) is 5.64. The Hall–Kier alpha value is -2.88. The van der Waals surface area contributed by atoms with Crippen LogP contribution in [0.4, 0.5) is 5.69 Å². The Labute approximate surface area is 196 Å². The molecule has 0 atom stereocenters. The van der Waals surface area contributed by atoms with Gasteiger partial charge in [0.2, 0.25) is 15.9 Å². The van der Waals surface area contributed by atoms with Gasteiger partial charge in [0.25, 0.3) is 0 Å². The molecule has 0 aromatic heterocycles. The highest BCUT2D eigenvalue weighted by atomic mass is 32.2. The highest BCUT2D eigenvalue weighted by Crippen LogP contribution is 2.25. The molecule has 0 aliphatic carbocycles. The Morgan fingerprint density at radius 2 is 1.88 bits per heavy atom. The van der Waals surface area contributed by atoms with Gasteiger partial charge in [0.05, 0.1) is 7.11 Å². The van der Waals surface area contributed by atoms with Crippen LogP contribution in [0.1, 0.15) is 11.1 Å². The first kappa shape index (κ1) is 24.8. The summed E-state index contributed by atoms with van der Waals surface area (Å²) in [4.78, 5) is 17.0. The average Bonchev–Trinajstić information content (AvgIpc) is 2.83. The second-order valence-electron chi connectivity index (χ2n) is 7.91. The Balaban J connectivity index is 1.46. The maximum atomic E-state index is 12.2. The summed E-state index contributed by atoms with van der Waals surface area (Å²) in [6, 6.07) is 13.3. The molecule has 0 unspecified atom stereocenters. The molecule has 0 radical (unpaired) electrons. The molecule has 1 saturated heterocycles. The standard InChI is InChI=1S/C24H32N4O4S/c1-19-5-4-6-21(17-19)28-15-13-27(14-16-28)12-11-26-24(29)10-8-20-7-9-22(32-3)23(18-20)33(30,31)25-2/h4-10,17-18,25H,11-16H2,1-3H3,(H,26,29)/b10-8+. The third kappa shape index (κ3) is 6.80. The SMILES string of the molecule is CNS(=O)(=O)c1cc(/C=C/C(=O)NCCN2CCN(c3cccc(C)c3)CC2)ccc1OC. The van der Waals surface area contributed by atoms with Crippen LogP contribution < -0.4 is 19.7 Å². The van der Waals surface area contributed by atoms with Crippen LogP contribution in [0.15, 0.2) is 53.4 Å². The van der Waals surface area contributed by atoms with Crippen LogP contribution in [0.2, 0.25) is 0 Å². The number of carbonyl (C=O) groups is 1. The number of rotatable bonds is 9. The number of carbonyl (C=O) groups excluding carboxylic acids is 1. The van der Waals surface area contributed by atoms with E-state index in [-0.39, 0.29) is 16.6 Å². The minimum absolute atomic E-state index is 0.0277. The lowest BCUT2D eigenvalue weighted by Crippen LogP contribution is -2.48. The Kier molecular flexibility index (Phi) is 8.49. The lowest BCUT2D eigenvalue weighted by atomic mass is 10.2. The fraction of sp³-hybridized carbons (Fsp3) is 0.375. The zero-order chi connectivity index (χ0) is 23.8. The molecule has 3 rings (SSSR count). The number of anilines is 1. The van der Waals surface area contributed by atoms with E-state index >= 15 is 0 Å². The van der Waals surface area contributed by atoms with Crippen molar-refractivity contribution in [3.05, 3.63) is 59.7 Å². The monoisotopic (exact) mass is 472 g/mol. The summed E-state index contributed by atoms with van der Waals surface area (Å²) in [6.07, 6.45) is 3.00. The molecule has 0 bridgehead atoms. The van der Waals surface area contributed by atoms with Crippen molar-refractivity contribution >= 4 is 27.7 Å². The number of aryl methyl sites for hydroxylation is 1. The topological polar surface area (TPSA) is 91.0 Å². The minimum atomic E-state index is -3.67. The molecule has 2 aromatic rings. The fourth-order valence-corrected chi connectivity index (χ4v) is 4.67. The number of benzene rings is 2. The number of sulfonamides is 1. The smallest absolute Gasteiger partial charge is 0.244 e. The van der Waals surface area contributed by atoms with Gasteiger partial charge in [0.15, 0.2) is 0 Å². The zero-order valence-corrected chi connectivity index (χ0v) is 20.2. The van der Waals surface area contributed by atoms with E-state index < -0.39 is 10.0 Å². The van der Waals surface area contributed by atoms with Crippen molar-refractivity contribution in [2.24, 2.45) is 0 Å². The normalized spacial score (nSPS) is 15.1. The van der Waals surface area contributed by atoms with E-state index in [2.05, 4.69) is 51.0 Å². The number of ether oxygens (including phenoxy) is 1. The van der Waals surface area contributed by atoms with Gasteiger partial charge in [-0.15, -0.1) is 0 Å². The fourth-order valence-electron chi connectivity index (χ4n) is 3.74. The molecular weight excluding hydrogens is 440 g/mol. The van der Waals surface area contributed by atoms with Gasteiger partial charge in [0.1, 0.15) is 10.6 Å². The van der Waals surface area contributed by atoms with Crippen LogP contribution in [-0.2, 0) is 14.8 Å². The first-order valence-electron chi connectivity index (χ1n) is 10.9. The van der Waals surface area contributed by atoms with Crippen molar-refractivity contribution in [1.29, 1.82) is 0 Å². The molecule has 1 aliphatic rings. The van der Waals surface area contributed by atoms with Gasteiger partial charge in [-0.05, 0) is 55.4 Å². The predicted molar refractivity (Wildman–Crippen MR) is 131 cm³/mol. The molecule has 1 amide bonds. The van der Waals surface area contributed by atoms with Crippen molar-refractivity contribution in [2.75, 3.05) is 58.3 Å². The molecule has 9 heteroatoms. The Morgan fingerprint density at radius 3 is 2.55 bits per heavy atom. The number of hydrogen-bond donors (Lipinski definition) is 2. The van der Waals surface area contributed by atoms with E-state index in [1.165, 1.54) is 37.6 Å². The van der Waals surface area contributed by atoms with E-state index in [0.29, 0.717) is 12.1 Å². The van der Waals surface area contributed by atoms with Gasteiger partial charge < -0.3 is 15.0 Å². The van der Waals surface area contributed by atoms with E-state index in [1.54, 1.807) is 18.2 Å². The van der Waals surface area contributed by atoms with Gasteiger partial charge in [-0.3, -0.25) is 9.69 Å². The van der Waals surface area contributed by atoms with E-state index in [4.69, 9.17) is 4.74 Å². The first-order valence-corrected chi connectivity index (χ1v) is 12.4. The number of amides is 1. The van der Waals surface area contributed by atoms with Crippen LogP contribution in [-0.4, -0.2) is 72.7 Å². The molecule has 2 aromatic carbocycles. The lowest BCUT2D eigenvalue weighted by molar-refractivity contribution is -0.116. The van der Waals surface area contributed by atoms with Gasteiger partial charge in [0, 0.05) is 51.0 Å². The van der Waals surface area contributed by atoms with Crippen molar-refractivity contribution in [3.63, 3.8) is 0 Å².